The van der Waals surface area contributed by atoms with E-state index in [-0.39, 0.29) is 23.6 Å². The standard InChI is InChI=1S/C26H35FN2O2/c1-5-6-7-23-26(27)24(12-14-28-23)29-15-13-22(17-29)31-21-10-8-20(9-11-21)19(4)25(30)16-18(2)3/h8-12,14,18-19,22H,5-7,13,15-17H2,1-4H3/t19?,22-/m1/s1. The van der Waals surface area contributed by atoms with Crippen molar-refractivity contribution in [1.29, 1.82) is 0 Å². The number of aromatic nitrogens is 1. The van der Waals surface area contributed by atoms with Crippen LogP contribution >= 0.6 is 0 Å². The van der Waals surface area contributed by atoms with E-state index in [1.54, 1.807) is 12.3 Å². The first-order valence-corrected chi connectivity index (χ1v) is 11.6. The monoisotopic (exact) mass is 426 g/mol. The molecule has 1 saturated heterocycles. The minimum absolute atomic E-state index is 0.0116. The Morgan fingerprint density at radius 2 is 1.97 bits per heavy atom. The highest BCUT2D eigenvalue weighted by Gasteiger charge is 2.27. The number of pyridine rings is 1. The van der Waals surface area contributed by atoms with Crippen LogP contribution < -0.4 is 9.64 Å². The summed E-state index contributed by atoms with van der Waals surface area (Å²) in [5, 5.41) is 0. The highest BCUT2D eigenvalue weighted by atomic mass is 19.1. The summed E-state index contributed by atoms with van der Waals surface area (Å²) in [6.45, 7) is 9.61. The number of unbranched alkanes of at least 4 members (excludes halogenated alkanes) is 1. The fraction of sp³-hybridized carbons (Fsp3) is 0.538. The smallest absolute Gasteiger partial charge is 0.167 e. The molecule has 1 aliphatic rings. The molecule has 2 heterocycles. The van der Waals surface area contributed by atoms with Crippen molar-refractivity contribution in [2.75, 3.05) is 18.0 Å². The molecule has 2 atom stereocenters. The second-order valence-corrected chi connectivity index (χ2v) is 9.02. The third-order valence-electron chi connectivity index (χ3n) is 5.97. The van der Waals surface area contributed by atoms with E-state index in [0.29, 0.717) is 36.7 Å². The summed E-state index contributed by atoms with van der Waals surface area (Å²) in [6, 6.07) is 9.60. The molecule has 168 valence electrons. The maximum Gasteiger partial charge on any atom is 0.167 e. The van der Waals surface area contributed by atoms with E-state index in [2.05, 4.69) is 30.7 Å². The molecular formula is C26H35FN2O2. The van der Waals surface area contributed by atoms with Gasteiger partial charge in [-0.3, -0.25) is 9.78 Å². The van der Waals surface area contributed by atoms with E-state index >= 15 is 0 Å². The second-order valence-electron chi connectivity index (χ2n) is 9.02. The first-order chi connectivity index (χ1) is 14.9. The van der Waals surface area contributed by atoms with E-state index in [0.717, 1.165) is 37.1 Å². The van der Waals surface area contributed by atoms with Gasteiger partial charge in [0.1, 0.15) is 17.6 Å². The van der Waals surface area contributed by atoms with Crippen LogP contribution in [0.2, 0.25) is 0 Å². The van der Waals surface area contributed by atoms with Gasteiger partial charge in [-0.15, -0.1) is 0 Å². The Labute approximate surface area is 185 Å². The summed E-state index contributed by atoms with van der Waals surface area (Å²) >= 11 is 0. The molecule has 0 aliphatic carbocycles. The van der Waals surface area contributed by atoms with Crippen molar-refractivity contribution in [1.82, 2.24) is 4.98 Å². The van der Waals surface area contributed by atoms with Crippen molar-refractivity contribution in [2.45, 2.75) is 71.8 Å². The number of ether oxygens (including phenoxy) is 1. The van der Waals surface area contributed by atoms with Crippen LogP contribution in [0.1, 0.15) is 70.6 Å². The number of nitrogens with zero attached hydrogens (tertiary/aromatic N) is 2. The van der Waals surface area contributed by atoms with Crippen molar-refractivity contribution in [2.24, 2.45) is 5.92 Å². The number of carbonyl (C=O) groups excluding carboxylic acids is 1. The summed E-state index contributed by atoms with van der Waals surface area (Å²) in [5.74, 6) is 1.14. The Balaban J connectivity index is 1.59. The first kappa shape index (κ1) is 23.2. The summed E-state index contributed by atoms with van der Waals surface area (Å²) < 4.78 is 21.1. The summed E-state index contributed by atoms with van der Waals surface area (Å²) in [4.78, 5) is 18.6. The van der Waals surface area contributed by atoms with Crippen LogP contribution in [0.4, 0.5) is 10.1 Å². The van der Waals surface area contributed by atoms with Gasteiger partial charge in [-0.05, 0) is 42.5 Å². The van der Waals surface area contributed by atoms with Crippen molar-refractivity contribution in [3.05, 3.63) is 53.6 Å². The number of carbonyl (C=O) groups is 1. The SMILES string of the molecule is CCCCc1nccc(N2CC[C@@H](Oc3ccc(C(C)C(=O)CC(C)C)cc3)C2)c1F. The van der Waals surface area contributed by atoms with Crippen LogP contribution in [0.5, 0.6) is 5.75 Å². The van der Waals surface area contributed by atoms with E-state index in [1.165, 1.54) is 0 Å². The van der Waals surface area contributed by atoms with Gasteiger partial charge in [0.05, 0.1) is 17.9 Å². The molecule has 3 rings (SSSR count). The molecule has 1 aromatic carbocycles. The van der Waals surface area contributed by atoms with Crippen molar-refractivity contribution >= 4 is 11.5 Å². The Morgan fingerprint density at radius 1 is 1.23 bits per heavy atom. The van der Waals surface area contributed by atoms with Gasteiger partial charge in [-0.1, -0.05) is 46.2 Å². The average Bonchev–Trinajstić information content (AvgIpc) is 3.20. The zero-order valence-electron chi connectivity index (χ0n) is 19.2. The lowest BCUT2D eigenvalue weighted by atomic mass is 9.92. The summed E-state index contributed by atoms with van der Waals surface area (Å²) in [7, 11) is 0. The molecule has 1 aliphatic heterocycles. The highest BCUT2D eigenvalue weighted by molar-refractivity contribution is 5.85. The van der Waals surface area contributed by atoms with E-state index in [4.69, 9.17) is 4.74 Å². The van der Waals surface area contributed by atoms with Crippen LogP contribution in [0.15, 0.2) is 36.5 Å². The lowest BCUT2D eigenvalue weighted by molar-refractivity contribution is -0.120. The van der Waals surface area contributed by atoms with Crippen LogP contribution in [0, 0.1) is 11.7 Å². The number of rotatable bonds is 10. The van der Waals surface area contributed by atoms with E-state index in [9.17, 15) is 9.18 Å². The number of halogens is 1. The largest absolute Gasteiger partial charge is 0.489 e. The molecule has 0 radical (unpaired) electrons. The molecular weight excluding hydrogens is 391 g/mol. The Bertz CT molecular complexity index is 866. The van der Waals surface area contributed by atoms with Crippen molar-refractivity contribution in [3.63, 3.8) is 0 Å². The molecule has 5 heteroatoms. The van der Waals surface area contributed by atoms with Crippen molar-refractivity contribution in [3.8, 4) is 5.75 Å². The highest BCUT2D eigenvalue weighted by Crippen LogP contribution is 2.28. The Kier molecular flexibility index (Phi) is 8.05. The third kappa shape index (κ3) is 6.05. The van der Waals surface area contributed by atoms with Gasteiger partial charge in [0.15, 0.2) is 5.82 Å². The number of hydrogen-bond acceptors (Lipinski definition) is 4. The topological polar surface area (TPSA) is 42.4 Å². The van der Waals surface area contributed by atoms with E-state index < -0.39 is 0 Å². The molecule has 31 heavy (non-hydrogen) atoms. The van der Waals surface area contributed by atoms with Gasteiger partial charge in [-0.25, -0.2) is 4.39 Å². The molecule has 0 amide bonds. The van der Waals surface area contributed by atoms with Gasteiger partial charge in [0, 0.05) is 31.5 Å². The zero-order chi connectivity index (χ0) is 22.4. The minimum atomic E-state index is -0.194. The van der Waals surface area contributed by atoms with Gasteiger partial charge < -0.3 is 9.64 Å². The predicted octanol–water partition coefficient (Wildman–Crippen LogP) is 5.94. The van der Waals surface area contributed by atoms with Crippen LogP contribution in [0.25, 0.3) is 0 Å². The number of hydrogen-bond donors (Lipinski definition) is 0. The third-order valence-corrected chi connectivity index (χ3v) is 5.97. The lowest BCUT2D eigenvalue weighted by Crippen LogP contribution is -2.25. The van der Waals surface area contributed by atoms with E-state index in [1.807, 2.05) is 31.2 Å². The maximum atomic E-state index is 14.9. The number of benzene rings is 1. The first-order valence-electron chi connectivity index (χ1n) is 11.6. The molecule has 0 bridgehead atoms. The maximum absolute atomic E-state index is 14.9. The van der Waals surface area contributed by atoms with Gasteiger partial charge in [-0.2, -0.15) is 0 Å². The van der Waals surface area contributed by atoms with Crippen molar-refractivity contribution < 1.29 is 13.9 Å². The number of anilines is 1. The lowest BCUT2D eigenvalue weighted by Gasteiger charge is -2.20. The second kappa shape index (κ2) is 10.7. The fourth-order valence-electron chi connectivity index (χ4n) is 4.07. The van der Waals surface area contributed by atoms with Gasteiger partial charge >= 0.3 is 0 Å². The Morgan fingerprint density at radius 3 is 2.65 bits per heavy atom. The quantitative estimate of drug-likeness (QED) is 0.471. The summed E-state index contributed by atoms with van der Waals surface area (Å²) in [5.41, 5.74) is 2.20. The fourth-order valence-corrected chi connectivity index (χ4v) is 4.07. The molecule has 4 nitrogen and oxygen atoms in total. The number of aryl methyl sites for hydroxylation is 1. The van der Waals surface area contributed by atoms with Crippen LogP contribution in [-0.4, -0.2) is 30.0 Å². The van der Waals surface area contributed by atoms with Crippen LogP contribution in [-0.2, 0) is 11.2 Å². The molecule has 0 N–H and O–H groups in total. The molecule has 1 aromatic heterocycles. The predicted molar refractivity (Wildman–Crippen MR) is 123 cm³/mol. The number of ketones is 1. The van der Waals surface area contributed by atoms with Gasteiger partial charge in [0.25, 0.3) is 0 Å². The molecule has 1 fully saturated rings. The molecule has 1 unspecified atom stereocenters. The zero-order valence-corrected chi connectivity index (χ0v) is 19.2. The molecule has 2 aromatic rings. The summed E-state index contributed by atoms with van der Waals surface area (Å²) in [6.07, 6.45) is 5.80. The average molecular weight is 427 g/mol. The van der Waals surface area contributed by atoms with Crippen LogP contribution in [0.3, 0.4) is 0 Å². The normalized spacial score (nSPS) is 17.2. The minimum Gasteiger partial charge on any atom is -0.489 e. The number of Topliss-reactive ketones (excluding diaryl/α,β-unsaturated/α-hetero) is 1. The molecule has 0 saturated carbocycles. The molecule has 0 spiro atoms. The Hall–Kier alpha value is -2.43. The van der Waals surface area contributed by atoms with Gasteiger partial charge in [0.2, 0.25) is 0 Å².